The van der Waals surface area contributed by atoms with Gasteiger partial charge in [0.15, 0.2) is 6.10 Å². The minimum Gasteiger partial charge on any atom is -0.478 e. The van der Waals surface area contributed by atoms with Crippen molar-refractivity contribution in [3.8, 4) is 5.75 Å². The maximum Gasteiger partial charge on any atom is 0.347 e. The summed E-state index contributed by atoms with van der Waals surface area (Å²) in [5, 5.41) is 0. The second-order valence-corrected chi connectivity index (χ2v) is 8.20. The van der Waals surface area contributed by atoms with Crippen LogP contribution in [0.15, 0.2) is 23.1 Å². The topological polar surface area (TPSA) is 108 Å². The van der Waals surface area contributed by atoms with Crippen LogP contribution in [0.1, 0.15) is 31.7 Å². The summed E-state index contributed by atoms with van der Waals surface area (Å²) < 4.78 is 38.7. The van der Waals surface area contributed by atoms with Crippen molar-refractivity contribution in [3.63, 3.8) is 0 Å². The highest BCUT2D eigenvalue weighted by atomic mass is 35.5. The average Bonchev–Trinajstić information content (AvgIpc) is 3.20. The second-order valence-electron chi connectivity index (χ2n) is 6.49. The minimum atomic E-state index is -3.63. The summed E-state index contributed by atoms with van der Waals surface area (Å²) in [6, 6.07) is 4.55. The van der Waals surface area contributed by atoms with Gasteiger partial charge in [-0.25, -0.2) is 17.9 Å². The molecule has 3 N–H and O–H groups in total. The van der Waals surface area contributed by atoms with E-state index < -0.39 is 22.1 Å². The molecule has 2 aliphatic rings. The van der Waals surface area contributed by atoms with Crippen molar-refractivity contribution in [2.75, 3.05) is 13.2 Å². The van der Waals surface area contributed by atoms with Crippen LogP contribution < -0.4 is 15.2 Å². The number of hydrogen-bond donors (Lipinski definition) is 2. The molecule has 0 spiro atoms. The van der Waals surface area contributed by atoms with Crippen LogP contribution in [-0.4, -0.2) is 39.7 Å². The van der Waals surface area contributed by atoms with E-state index in [9.17, 15) is 13.2 Å². The van der Waals surface area contributed by atoms with Gasteiger partial charge >= 0.3 is 5.97 Å². The van der Waals surface area contributed by atoms with Gasteiger partial charge in [-0.05, 0) is 56.0 Å². The Hall–Kier alpha value is -1.35. The van der Waals surface area contributed by atoms with E-state index in [-0.39, 0.29) is 35.9 Å². The normalized spacial score (nSPS) is 24.5. The Kier molecular flexibility index (Phi) is 6.90. The van der Waals surface area contributed by atoms with Gasteiger partial charge in [0, 0.05) is 12.5 Å². The van der Waals surface area contributed by atoms with E-state index in [2.05, 4.69) is 4.72 Å². The number of carbonyl (C=O) groups excluding carboxylic acids is 1. The summed E-state index contributed by atoms with van der Waals surface area (Å²) in [5.74, 6) is 0.274. The fraction of sp³-hybridized carbons (Fsp3) is 0.588. The maximum absolute atomic E-state index is 12.7. The van der Waals surface area contributed by atoms with Crippen molar-refractivity contribution in [1.82, 2.24) is 4.72 Å². The number of rotatable bonds is 6. The highest BCUT2D eigenvalue weighted by molar-refractivity contribution is 7.89. The van der Waals surface area contributed by atoms with E-state index >= 15 is 0 Å². The molecule has 3 unspecified atom stereocenters. The highest BCUT2D eigenvalue weighted by Crippen LogP contribution is 2.32. The van der Waals surface area contributed by atoms with Crippen LogP contribution in [0.3, 0.4) is 0 Å². The van der Waals surface area contributed by atoms with Gasteiger partial charge in [-0.2, -0.15) is 0 Å². The number of esters is 1. The minimum absolute atomic E-state index is 0. The van der Waals surface area contributed by atoms with Crippen LogP contribution >= 0.6 is 12.4 Å². The lowest BCUT2D eigenvalue weighted by Crippen LogP contribution is -2.39. The molecule has 1 aromatic rings. The molecule has 7 nitrogen and oxygen atoms in total. The predicted molar refractivity (Wildman–Crippen MR) is 98.9 cm³/mol. The van der Waals surface area contributed by atoms with Crippen molar-refractivity contribution >= 4 is 28.4 Å². The van der Waals surface area contributed by atoms with E-state index in [0.29, 0.717) is 24.3 Å². The van der Waals surface area contributed by atoms with Crippen LogP contribution in [-0.2, 0) is 26.0 Å². The van der Waals surface area contributed by atoms with Crippen molar-refractivity contribution in [1.29, 1.82) is 0 Å². The molecule has 1 saturated carbocycles. The lowest BCUT2D eigenvalue weighted by Gasteiger charge is -2.19. The Bertz CT molecular complexity index is 756. The summed E-state index contributed by atoms with van der Waals surface area (Å²) in [6.07, 6.45) is 2.33. The Balaban J connectivity index is 0.00000243. The van der Waals surface area contributed by atoms with E-state index in [1.54, 1.807) is 19.1 Å². The Morgan fingerprint density at radius 2 is 2.15 bits per heavy atom. The SMILES string of the molecule is CCOC(=O)C1Cc2cc(S(=O)(=O)NC3CCCC3CN)ccc2O1.Cl. The van der Waals surface area contributed by atoms with E-state index in [1.165, 1.54) is 6.07 Å². The molecule has 0 saturated heterocycles. The standard InChI is InChI=1S/C17H24N2O5S.ClH/c1-2-23-17(20)16-9-12-8-13(6-7-15(12)24-16)25(21,22)19-14-5-3-4-11(14)10-18;/h6-8,11,14,16,19H,2-5,9-10,18H2,1H3;1H. The zero-order valence-electron chi connectivity index (χ0n) is 14.6. The summed E-state index contributed by atoms with van der Waals surface area (Å²) in [5.41, 5.74) is 6.43. The lowest BCUT2D eigenvalue weighted by atomic mass is 10.1. The van der Waals surface area contributed by atoms with Gasteiger partial charge in [-0.15, -0.1) is 12.4 Å². The zero-order chi connectivity index (χ0) is 18.0. The molecule has 26 heavy (non-hydrogen) atoms. The van der Waals surface area contributed by atoms with Crippen molar-refractivity contribution in [2.24, 2.45) is 11.7 Å². The molecule has 1 fully saturated rings. The molecule has 1 aromatic carbocycles. The third kappa shape index (κ3) is 4.31. The molecule has 3 rings (SSSR count). The summed E-state index contributed by atoms with van der Waals surface area (Å²) in [6.45, 7) is 2.49. The summed E-state index contributed by atoms with van der Waals surface area (Å²) >= 11 is 0. The van der Waals surface area contributed by atoms with Gasteiger partial charge in [-0.1, -0.05) is 6.42 Å². The number of sulfonamides is 1. The van der Waals surface area contributed by atoms with Crippen molar-refractivity contribution < 1.29 is 22.7 Å². The van der Waals surface area contributed by atoms with Crippen LogP contribution in [0.5, 0.6) is 5.75 Å². The smallest absolute Gasteiger partial charge is 0.347 e. The third-order valence-electron chi connectivity index (χ3n) is 4.83. The van der Waals surface area contributed by atoms with Crippen LogP contribution in [0.4, 0.5) is 0 Å². The van der Waals surface area contributed by atoms with Crippen LogP contribution in [0, 0.1) is 5.92 Å². The molecular formula is C17H25ClN2O5S. The average molecular weight is 405 g/mol. The molecule has 0 amide bonds. The number of benzene rings is 1. The van der Waals surface area contributed by atoms with E-state index in [0.717, 1.165) is 19.3 Å². The molecule has 0 radical (unpaired) electrons. The van der Waals surface area contributed by atoms with Gasteiger partial charge < -0.3 is 15.2 Å². The lowest BCUT2D eigenvalue weighted by molar-refractivity contribution is -0.150. The number of nitrogens with one attached hydrogen (secondary N) is 1. The molecule has 0 bridgehead atoms. The number of hydrogen-bond acceptors (Lipinski definition) is 6. The third-order valence-corrected chi connectivity index (χ3v) is 6.32. The molecular weight excluding hydrogens is 380 g/mol. The molecule has 1 heterocycles. The van der Waals surface area contributed by atoms with Gasteiger partial charge in [0.25, 0.3) is 0 Å². The van der Waals surface area contributed by atoms with Crippen molar-refractivity contribution in [3.05, 3.63) is 23.8 Å². The summed E-state index contributed by atoms with van der Waals surface area (Å²) in [4.78, 5) is 12.0. The monoisotopic (exact) mass is 404 g/mol. The first-order valence-corrected chi connectivity index (χ1v) is 10.1. The van der Waals surface area contributed by atoms with Gasteiger partial charge in [0.1, 0.15) is 5.75 Å². The number of halogens is 1. The Morgan fingerprint density at radius 3 is 2.85 bits per heavy atom. The number of carbonyl (C=O) groups is 1. The number of ether oxygens (including phenoxy) is 2. The van der Waals surface area contributed by atoms with E-state index in [1.807, 2.05) is 0 Å². The quantitative estimate of drug-likeness (QED) is 0.693. The molecule has 3 atom stereocenters. The Morgan fingerprint density at radius 1 is 1.38 bits per heavy atom. The first-order chi connectivity index (χ1) is 11.9. The zero-order valence-corrected chi connectivity index (χ0v) is 16.3. The fourth-order valence-electron chi connectivity index (χ4n) is 3.50. The second kappa shape index (κ2) is 8.56. The number of nitrogens with two attached hydrogens (primary N) is 1. The number of fused-ring (bicyclic) bond motifs is 1. The van der Waals surface area contributed by atoms with Crippen LogP contribution in [0.25, 0.3) is 0 Å². The maximum atomic E-state index is 12.7. The van der Waals surface area contributed by atoms with Gasteiger partial charge in [0.05, 0.1) is 11.5 Å². The van der Waals surface area contributed by atoms with Crippen molar-refractivity contribution in [2.45, 2.75) is 49.6 Å². The molecule has 1 aliphatic heterocycles. The molecule has 0 aromatic heterocycles. The fourth-order valence-corrected chi connectivity index (χ4v) is 4.89. The first-order valence-electron chi connectivity index (χ1n) is 8.63. The first kappa shape index (κ1) is 21.0. The predicted octanol–water partition coefficient (Wildman–Crippen LogP) is 1.38. The summed E-state index contributed by atoms with van der Waals surface area (Å²) in [7, 11) is -3.63. The molecule has 1 aliphatic carbocycles. The van der Waals surface area contributed by atoms with Gasteiger partial charge in [-0.3, -0.25) is 0 Å². The van der Waals surface area contributed by atoms with Crippen LogP contribution in [0.2, 0.25) is 0 Å². The molecule has 9 heteroatoms. The Labute approximate surface area is 160 Å². The molecule has 146 valence electrons. The highest BCUT2D eigenvalue weighted by Gasteiger charge is 2.33. The van der Waals surface area contributed by atoms with Gasteiger partial charge in [0.2, 0.25) is 10.0 Å². The van der Waals surface area contributed by atoms with E-state index in [4.69, 9.17) is 15.2 Å². The largest absolute Gasteiger partial charge is 0.478 e.